The summed E-state index contributed by atoms with van der Waals surface area (Å²) >= 11 is 0. The van der Waals surface area contributed by atoms with E-state index in [1.807, 2.05) is 31.2 Å². The van der Waals surface area contributed by atoms with Crippen LogP contribution in [0.2, 0.25) is 0 Å². The Morgan fingerprint density at radius 2 is 1.59 bits per heavy atom. The van der Waals surface area contributed by atoms with Gasteiger partial charge in [-0.3, -0.25) is 4.79 Å². The number of amides is 2. The van der Waals surface area contributed by atoms with E-state index in [-0.39, 0.29) is 17.8 Å². The molecule has 0 bridgehead atoms. The molecule has 3 aromatic rings. The van der Waals surface area contributed by atoms with Gasteiger partial charge in [-0.2, -0.15) is 5.10 Å². The van der Waals surface area contributed by atoms with E-state index >= 15 is 0 Å². The fourth-order valence-electron chi connectivity index (χ4n) is 3.78. The van der Waals surface area contributed by atoms with Crippen LogP contribution in [-0.2, 0) is 4.74 Å². The summed E-state index contributed by atoms with van der Waals surface area (Å²) in [4.78, 5) is 28.8. The molecule has 1 aliphatic heterocycles. The molecule has 8 heteroatoms. The summed E-state index contributed by atoms with van der Waals surface area (Å²) in [6.07, 6.45) is 1.96. The Balaban J connectivity index is 1.68. The average molecular weight is 436 g/mol. The van der Waals surface area contributed by atoms with E-state index in [0.29, 0.717) is 49.5 Å². The van der Waals surface area contributed by atoms with Gasteiger partial charge in [0, 0.05) is 37.9 Å². The zero-order chi connectivity index (χ0) is 22.7. The van der Waals surface area contributed by atoms with Gasteiger partial charge in [0.15, 0.2) is 0 Å². The number of benzene rings is 2. The molecule has 0 unspecified atom stereocenters. The molecule has 0 saturated carbocycles. The van der Waals surface area contributed by atoms with Crippen LogP contribution in [0.3, 0.4) is 0 Å². The minimum Gasteiger partial charge on any atom is -0.453 e. The van der Waals surface area contributed by atoms with Crippen LogP contribution in [0.4, 0.5) is 9.18 Å². The molecule has 0 radical (unpaired) electrons. The van der Waals surface area contributed by atoms with Crippen LogP contribution in [0.25, 0.3) is 16.9 Å². The van der Waals surface area contributed by atoms with Crippen molar-refractivity contribution < 1.29 is 18.7 Å². The zero-order valence-corrected chi connectivity index (χ0v) is 18.1. The first-order chi connectivity index (χ1) is 15.5. The Hall–Kier alpha value is -3.68. The van der Waals surface area contributed by atoms with E-state index in [4.69, 9.17) is 4.74 Å². The maximum atomic E-state index is 13.5. The highest BCUT2D eigenvalue weighted by atomic mass is 19.1. The quantitative estimate of drug-likeness (QED) is 0.625. The van der Waals surface area contributed by atoms with Crippen molar-refractivity contribution in [2.75, 3.05) is 33.3 Å². The normalized spacial score (nSPS) is 14.2. The van der Waals surface area contributed by atoms with Crippen molar-refractivity contribution in [3.05, 3.63) is 71.7 Å². The van der Waals surface area contributed by atoms with Crippen molar-refractivity contribution >= 4 is 12.0 Å². The van der Waals surface area contributed by atoms with Crippen LogP contribution in [0, 0.1) is 12.7 Å². The summed E-state index contributed by atoms with van der Waals surface area (Å²) in [6, 6.07) is 13.8. The molecule has 1 fully saturated rings. The van der Waals surface area contributed by atoms with Gasteiger partial charge in [0.1, 0.15) is 11.5 Å². The molecule has 2 amide bonds. The van der Waals surface area contributed by atoms with Gasteiger partial charge in [0.25, 0.3) is 5.91 Å². The highest BCUT2D eigenvalue weighted by Gasteiger charge is 2.27. The predicted octanol–water partition coefficient (Wildman–Crippen LogP) is 3.90. The van der Waals surface area contributed by atoms with Crippen molar-refractivity contribution in [3.63, 3.8) is 0 Å². The van der Waals surface area contributed by atoms with Gasteiger partial charge in [-0.1, -0.05) is 29.8 Å². The van der Waals surface area contributed by atoms with E-state index in [1.165, 1.54) is 19.2 Å². The molecule has 1 aliphatic rings. The smallest absolute Gasteiger partial charge is 0.409 e. The standard InChI is InChI=1S/C24H25FN4O3/c1-17-4-6-18(7-5-17)22-21(16-29(26-22)20-10-8-19(25)9-11-20)23(30)27-12-3-13-28(15-14-27)24(31)32-2/h4-11,16H,3,12-15H2,1-2H3. The first-order valence-electron chi connectivity index (χ1n) is 10.5. The maximum Gasteiger partial charge on any atom is 0.409 e. The number of hydrogen-bond donors (Lipinski definition) is 0. The SMILES string of the molecule is COC(=O)N1CCCN(C(=O)c2cn(-c3ccc(F)cc3)nc2-c2ccc(C)cc2)CC1. The van der Waals surface area contributed by atoms with Gasteiger partial charge in [0.2, 0.25) is 0 Å². The maximum absolute atomic E-state index is 13.5. The summed E-state index contributed by atoms with van der Waals surface area (Å²) in [5.74, 6) is -0.489. The Bertz CT molecular complexity index is 1110. The Morgan fingerprint density at radius 3 is 2.28 bits per heavy atom. The van der Waals surface area contributed by atoms with Crippen molar-refractivity contribution in [1.82, 2.24) is 19.6 Å². The average Bonchev–Trinajstić information content (AvgIpc) is 3.10. The number of rotatable bonds is 3. The van der Waals surface area contributed by atoms with Crippen molar-refractivity contribution in [2.24, 2.45) is 0 Å². The summed E-state index contributed by atoms with van der Waals surface area (Å²) in [5, 5.41) is 4.67. The van der Waals surface area contributed by atoms with Gasteiger partial charge >= 0.3 is 6.09 Å². The van der Waals surface area contributed by atoms with Crippen molar-refractivity contribution in [2.45, 2.75) is 13.3 Å². The number of aromatic nitrogens is 2. The molecule has 0 spiro atoms. The van der Waals surface area contributed by atoms with E-state index in [0.717, 1.165) is 11.1 Å². The molecule has 0 N–H and O–H groups in total. The van der Waals surface area contributed by atoms with Crippen LogP contribution in [-0.4, -0.2) is 64.9 Å². The Labute approximate surface area is 186 Å². The molecule has 2 heterocycles. The lowest BCUT2D eigenvalue weighted by atomic mass is 10.1. The molecule has 1 aromatic heterocycles. The van der Waals surface area contributed by atoms with Gasteiger partial charge in [0.05, 0.1) is 18.4 Å². The number of halogens is 1. The first kappa shape index (κ1) is 21.5. The van der Waals surface area contributed by atoms with Gasteiger partial charge in [-0.25, -0.2) is 13.9 Å². The fourth-order valence-corrected chi connectivity index (χ4v) is 3.78. The van der Waals surface area contributed by atoms with Crippen LogP contribution < -0.4 is 0 Å². The molecule has 4 rings (SSSR count). The second kappa shape index (κ2) is 9.21. The van der Waals surface area contributed by atoms with Crippen LogP contribution >= 0.6 is 0 Å². The highest BCUT2D eigenvalue weighted by molar-refractivity contribution is 6.00. The summed E-state index contributed by atoms with van der Waals surface area (Å²) in [7, 11) is 1.35. The third-order valence-corrected chi connectivity index (χ3v) is 5.58. The number of hydrogen-bond acceptors (Lipinski definition) is 4. The number of nitrogens with zero attached hydrogens (tertiary/aromatic N) is 4. The second-order valence-corrected chi connectivity index (χ2v) is 7.78. The lowest BCUT2D eigenvalue weighted by Crippen LogP contribution is -2.37. The molecule has 0 atom stereocenters. The number of ether oxygens (including phenoxy) is 1. The molecule has 7 nitrogen and oxygen atoms in total. The van der Waals surface area contributed by atoms with Crippen LogP contribution in [0.5, 0.6) is 0 Å². The number of carbonyl (C=O) groups excluding carboxylic acids is 2. The summed E-state index contributed by atoms with van der Waals surface area (Å²) in [6.45, 7) is 3.88. The Morgan fingerprint density at radius 1 is 0.938 bits per heavy atom. The minimum absolute atomic E-state index is 0.152. The van der Waals surface area contributed by atoms with Crippen LogP contribution in [0.15, 0.2) is 54.7 Å². The van der Waals surface area contributed by atoms with Gasteiger partial charge < -0.3 is 14.5 Å². The molecular weight excluding hydrogens is 411 g/mol. The number of aryl methyl sites for hydroxylation is 1. The largest absolute Gasteiger partial charge is 0.453 e. The molecule has 2 aromatic carbocycles. The predicted molar refractivity (Wildman–Crippen MR) is 118 cm³/mol. The summed E-state index contributed by atoms with van der Waals surface area (Å²) < 4.78 is 19.8. The highest BCUT2D eigenvalue weighted by Crippen LogP contribution is 2.26. The fraction of sp³-hybridized carbons (Fsp3) is 0.292. The van der Waals surface area contributed by atoms with Gasteiger partial charge in [-0.05, 0) is 37.6 Å². The van der Waals surface area contributed by atoms with E-state index in [9.17, 15) is 14.0 Å². The van der Waals surface area contributed by atoms with Gasteiger partial charge in [-0.15, -0.1) is 0 Å². The van der Waals surface area contributed by atoms with E-state index in [2.05, 4.69) is 5.10 Å². The minimum atomic E-state index is -0.385. The monoisotopic (exact) mass is 436 g/mol. The Kier molecular flexibility index (Phi) is 6.20. The lowest BCUT2D eigenvalue weighted by molar-refractivity contribution is 0.0758. The van der Waals surface area contributed by atoms with E-state index < -0.39 is 0 Å². The molecule has 32 heavy (non-hydrogen) atoms. The number of carbonyl (C=O) groups is 2. The molecule has 0 aliphatic carbocycles. The lowest BCUT2D eigenvalue weighted by Gasteiger charge is -2.21. The third-order valence-electron chi connectivity index (χ3n) is 5.58. The van der Waals surface area contributed by atoms with E-state index in [1.54, 1.807) is 32.8 Å². The molecule has 1 saturated heterocycles. The number of methoxy groups -OCH3 is 1. The second-order valence-electron chi connectivity index (χ2n) is 7.78. The third kappa shape index (κ3) is 4.49. The zero-order valence-electron chi connectivity index (χ0n) is 18.1. The van der Waals surface area contributed by atoms with Crippen LogP contribution in [0.1, 0.15) is 22.3 Å². The van der Waals surface area contributed by atoms with Crippen molar-refractivity contribution in [3.8, 4) is 16.9 Å². The first-order valence-corrected chi connectivity index (χ1v) is 10.5. The summed E-state index contributed by atoms with van der Waals surface area (Å²) in [5.41, 5.74) is 3.62. The topological polar surface area (TPSA) is 67.7 Å². The van der Waals surface area contributed by atoms with Crippen molar-refractivity contribution in [1.29, 1.82) is 0 Å². The molecule has 166 valence electrons. The molecular formula is C24H25FN4O3.